The van der Waals surface area contributed by atoms with E-state index in [0.717, 1.165) is 12.2 Å². The minimum Gasteiger partial charge on any atom is -0.328 e. The zero-order chi connectivity index (χ0) is 11.4. The summed E-state index contributed by atoms with van der Waals surface area (Å²) in [5, 5.41) is 2.62. The zero-order valence-corrected chi connectivity index (χ0v) is 10.3. The summed E-state index contributed by atoms with van der Waals surface area (Å²) in [4.78, 5) is 1.33. The maximum atomic E-state index is 5.73. The average Bonchev–Trinajstić information content (AvgIpc) is 2.28. The second kappa shape index (κ2) is 5.37. The van der Waals surface area contributed by atoms with Gasteiger partial charge in [0.15, 0.2) is 0 Å². The molecule has 0 fully saturated rings. The quantitative estimate of drug-likeness (QED) is 0.812. The third-order valence-corrected chi connectivity index (χ3v) is 3.59. The van der Waals surface area contributed by atoms with Crippen molar-refractivity contribution in [3.05, 3.63) is 42.5 Å². The molecule has 2 aromatic rings. The molecule has 0 aliphatic heterocycles. The molecule has 0 saturated heterocycles. The third kappa shape index (κ3) is 3.00. The molecule has 0 saturated carbocycles. The second-order valence-corrected chi connectivity index (χ2v) is 5.29. The van der Waals surface area contributed by atoms with Crippen LogP contribution in [0.15, 0.2) is 47.4 Å². The normalized spacial score (nSPS) is 12.9. The van der Waals surface area contributed by atoms with E-state index >= 15 is 0 Å². The fraction of sp³-hybridized carbons (Fsp3) is 0.286. The standard InChI is InChI=1S/C14H17NS/c1-11(15)8-9-16-14-7-6-12-4-2-3-5-13(12)10-14/h2-7,10-11H,8-9,15H2,1H3. The highest BCUT2D eigenvalue weighted by Crippen LogP contribution is 2.24. The fourth-order valence-electron chi connectivity index (χ4n) is 1.62. The molecule has 84 valence electrons. The van der Waals surface area contributed by atoms with Crippen LogP contribution in [0.2, 0.25) is 0 Å². The second-order valence-electron chi connectivity index (χ2n) is 4.12. The minimum atomic E-state index is 0.299. The molecule has 2 heteroatoms. The molecule has 1 unspecified atom stereocenters. The van der Waals surface area contributed by atoms with Crippen LogP contribution in [0.1, 0.15) is 13.3 Å². The fourth-order valence-corrected chi connectivity index (χ4v) is 2.72. The third-order valence-electron chi connectivity index (χ3n) is 2.56. The Morgan fingerprint density at radius 3 is 2.62 bits per heavy atom. The van der Waals surface area contributed by atoms with Crippen LogP contribution >= 0.6 is 11.8 Å². The molecule has 0 bridgehead atoms. The van der Waals surface area contributed by atoms with Crippen molar-refractivity contribution in [1.29, 1.82) is 0 Å². The van der Waals surface area contributed by atoms with Gasteiger partial charge in [-0.15, -0.1) is 11.8 Å². The van der Waals surface area contributed by atoms with Crippen LogP contribution in [0.25, 0.3) is 10.8 Å². The van der Waals surface area contributed by atoms with Gasteiger partial charge in [0.2, 0.25) is 0 Å². The van der Waals surface area contributed by atoms with Gasteiger partial charge in [-0.2, -0.15) is 0 Å². The minimum absolute atomic E-state index is 0.299. The van der Waals surface area contributed by atoms with Crippen LogP contribution in [0.4, 0.5) is 0 Å². The Morgan fingerprint density at radius 1 is 1.12 bits per heavy atom. The predicted octanol–water partition coefficient (Wildman–Crippen LogP) is 3.67. The van der Waals surface area contributed by atoms with Crippen LogP contribution in [-0.4, -0.2) is 11.8 Å². The van der Waals surface area contributed by atoms with E-state index in [2.05, 4.69) is 49.4 Å². The first kappa shape index (κ1) is 11.5. The highest BCUT2D eigenvalue weighted by Gasteiger charge is 1.98. The number of hydrogen-bond donors (Lipinski definition) is 1. The number of thioether (sulfide) groups is 1. The average molecular weight is 231 g/mol. The van der Waals surface area contributed by atoms with Crippen molar-refractivity contribution in [2.45, 2.75) is 24.3 Å². The number of nitrogens with two attached hydrogens (primary N) is 1. The lowest BCUT2D eigenvalue weighted by Gasteiger charge is -2.05. The van der Waals surface area contributed by atoms with Crippen molar-refractivity contribution in [3.63, 3.8) is 0 Å². The SMILES string of the molecule is CC(N)CCSc1ccc2ccccc2c1. The van der Waals surface area contributed by atoms with Crippen molar-refractivity contribution in [1.82, 2.24) is 0 Å². The van der Waals surface area contributed by atoms with Crippen molar-refractivity contribution in [2.24, 2.45) is 5.73 Å². The van der Waals surface area contributed by atoms with Crippen molar-refractivity contribution in [2.75, 3.05) is 5.75 Å². The van der Waals surface area contributed by atoms with Gasteiger partial charge < -0.3 is 5.73 Å². The van der Waals surface area contributed by atoms with E-state index in [-0.39, 0.29) is 0 Å². The van der Waals surface area contributed by atoms with Crippen LogP contribution in [-0.2, 0) is 0 Å². The summed E-state index contributed by atoms with van der Waals surface area (Å²) in [7, 11) is 0. The van der Waals surface area contributed by atoms with E-state index in [0.29, 0.717) is 6.04 Å². The van der Waals surface area contributed by atoms with Gasteiger partial charge in [-0.1, -0.05) is 30.3 Å². The van der Waals surface area contributed by atoms with Gasteiger partial charge in [0.25, 0.3) is 0 Å². The van der Waals surface area contributed by atoms with Gasteiger partial charge in [-0.05, 0) is 42.0 Å². The molecule has 0 spiro atoms. The van der Waals surface area contributed by atoms with Crippen LogP contribution in [0.3, 0.4) is 0 Å². The molecule has 0 amide bonds. The molecule has 0 radical (unpaired) electrons. The molecule has 1 atom stereocenters. The highest BCUT2D eigenvalue weighted by molar-refractivity contribution is 7.99. The predicted molar refractivity (Wildman–Crippen MR) is 72.9 cm³/mol. The van der Waals surface area contributed by atoms with Crippen LogP contribution in [0.5, 0.6) is 0 Å². The molecule has 2 aromatic carbocycles. The molecule has 0 aliphatic rings. The Balaban J connectivity index is 2.08. The Kier molecular flexibility index (Phi) is 3.86. The van der Waals surface area contributed by atoms with Crippen molar-refractivity contribution < 1.29 is 0 Å². The van der Waals surface area contributed by atoms with Gasteiger partial charge in [0, 0.05) is 10.9 Å². The molecule has 0 aliphatic carbocycles. The summed E-state index contributed by atoms with van der Waals surface area (Å²) in [6.45, 7) is 2.06. The Morgan fingerprint density at radius 2 is 1.88 bits per heavy atom. The summed E-state index contributed by atoms with van der Waals surface area (Å²) in [6.07, 6.45) is 1.07. The summed E-state index contributed by atoms with van der Waals surface area (Å²) >= 11 is 1.88. The molecule has 1 nitrogen and oxygen atoms in total. The number of benzene rings is 2. The molecule has 0 heterocycles. The molecular weight excluding hydrogens is 214 g/mol. The maximum Gasteiger partial charge on any atom is 0.00783 e. The Bertz CT molecular complexity index is 465. The van der Waals surface area contributed by atoms with E-state index in [9.17, 15) is 0 Å². The maximum absolute atomic E-state index is 5.73. The molecule has 2 N–H and O–H groups in total. The molecule has 16 heavy (non-hydrogen) atoms. The summed E-state index contributed by atoms with van der Waals surface area (Å²) in [6, 6.07) is 15.4. The van der Waals surface area contributed by atoms with Gasteiger partial charge in [-0.25, -0.2) is 0 Å². The highest BCUT2D eigenvalue weighted by atomic mass is 32.2. The van der Waals surface area contributed by atoms with E-state index < -0.39 is 0 Å². The molecule has 0 aromatic heterocycles. The summed E-state index contributed by atoms with van der Waals surface area (Å²) in [5.41, 5.74) is 5.73. The first-order valence-electron chi connectivity index (χ1n) is 5.63. The van der Waals surface area contributed by atoms with Crippen molar-refractivity contribution in [3.8, 4) is 0 Å². The summed E-state index contributed by atoms with van der Waals surface area (Å²) < 4.78 is 0. The Labute approximate surface area is 101 Å². The number of rotatable bonds is 4. The smallest absolute Gasteiger partial charge is 0.00783 e. The zero-order valence-electron chi connectivity index (χ0n) is 9.52. The monoisotopic (exact) mass is 231 g/mol. The van der Waals surface area contributed by atoms with E-state index in [1.165, 1.54) is 15.7 Å². The van der Waals surface area contributed by atoms with Crippen molar-refractivity contribution >= 4 is 22.5 Å². The van der Waals surface area contributed by atoms with Crippen LogP contribution < -0.4 is 5.73 Å². The lowest BCUT2D eigenvalue weighted by Crippen LogP contribution is -2.15. The molecule has 2 rings (SSSR count). The van der Waals surface area contributed by atoms with Gasteiger partial charge >= 0.3 is 0 Å². The van der Waals surface area contributed by atoms with E-state index in [1.54, 1.807) is 0 Å². The van der Waals surface area contributed by atoms with Crippen LogP contribution in [0, 0.1) is 0 Å². The first-order valence-corrected chi connectivity index (χ1v) is 6.61. The lowest BCUT2D eigenvalue weighted by molar-refractivity contribution is 0.721. The largest absolute Gasteiger partial charge is 0.328 e. The summed E-state index contributed by atoms with van der Waals surface area (Å²) in [5.74, 6) is 1.09. The topological polar surface area (TPSA) is 26.0 Å². The lowest BCUT2D eigenvalue weighted by atomic mass is 10.1. The van der Waals surface area contributed by atoms with E-state index in [4.69, 9.17) is 5.73 Å². The molecular formula is C14H17NS. The first-order chi connectivity index (χ1) is 7.75. The van der Waals surface area contributed by atoms with Gasteiger partial charge in [0.05, 0.1) is 0 Å². The number of hydrogen-bond acceptors (Lipinski definition) is 2. The van der Waals surface area contributed by atoms with Gasteiger partial charge in [0.1, 0.15) is 0 Å². The Hall–Kier alpha value is -0.990. The van der Waals surface area contributed by atoms with E-state index in [1.807, 2.05) is 11.8 Å². The number of fused-ring (bicyclic) bond motifs is 1. The van der Waals surface area contributed by atoms with Gasteiger partial charge in [-0.3, -0.25) is 0 Å².